The Morgan fingerprint density at radius 3 is 2.52 bits per heavy atom. The number of amides is 1. The number of piperazine rings is 1. The van der Waals surface area contributed by atoms with Crippen LogP contribution in [0.15, 0.2) is 35.2 Å². The summed E-state index contributed by atoms with van der Waals surface area (Å²) in [6, 6.07) is 7.99. The number of aromatic nitrogens is 2. The molecule has 1 aromatic carbocycles. The maximum atomic E-state index is 12.5. The Labute approximate surface area is 188 Å². The zero-order chi connectivity index (χ0) is 22.6. The summed E-state index contributed by atoms with van der Waals surface area (Å²) in [7, 11) is -3.70. The van der Waals surface area contributed by atoms with Gasteiger partial charge in [0.25, 0.3) is 0 Å². The minimum Gasteiger partial charge on any atom is -0.353 e. The lowest BCUT2D eigenvalue weighted by atomic mass is 10.2. The van der Waals surface area contributed by atoms with Crippen molar-refractivity contribution >= 4 is 33.3 Å². The SMILES string of the molecule is Cc1cc(N2CCN(C(=O)CCNS(=O)(=O)c3cccc(Cl)c3)CC2)nc(C(C)C)n1. The summed E-state index contributed by atoms with van der Waals surface area (Å²) in [6.45, 7) is 8.62. The molecule has 1 amide bonds. The maximum absolute atomic E-state index is 12.5. The molecule has 8 nitrogen and oxygen atoms in total. The van der Waals surface area contributed by atoms with Gasteiger partial charge in [-0.05, 0) is 25.1 Å². The number of benzene rings is 1. The van der Waals surface area contributed by atoms with Gasteiger partial charge in [0.05, 0.1) is 4.90 Å². The Morgan fingerprint density at radius 1 is 1.16 bits per heavy atom. The molecule has 10 heteroatoms. The lowest BCUT2D eigenvalue weighted by molar-refractivity contribution is -0.131. The highest BCUT2D eigenvalue weighted by molar-refractivity contribution is 7.89. The average molecular weight is 466 g/mol. The largest absolute Gasteiger partial charge is 0.353 e. The Hall–Kier alpha value is -2.23. The number of carbonyl (C=O) groups excluding carboxylic acids is 1. The van der Waals surface area contributed by atoms with Crippen LogP contribution in [0.25, 0.3) is 0 Å². The lowest BCUT2D eigenvalue weighted by Gasteiger charge is -2.35. The monoisotopic (exact) mass is 465 g/mol. The first kappa shape index (κ1) is 23.4. The molecule has 168 valence electrons. The van der Waals surface area contributed by atoms with E-state index in [0.29, 0.717) is 31.2 Å². The van der Waals surface area contributed by atoms with Crippen LogP contribution in [0, 0.1) is 6.92 Å². The summed E-state index contributed by atoms with van der Waals surface area (Å²) in [4.78, 5) is 25.7. The quantitative estimate of drug-likeness (QED) is 0.675. The number of nitrogens with one attached hydrogen (secondary N) is 1. The van der Waals surface area contributed by atoms with Crippen LogP contribution in [0.3, 0.4) is 0 Å². The molecule has 0 saturated carbocycles. The summed E-state index contributed by atoms with van der Waals surface area (Å²) in [6.07, 6.45) is 0.101. The Kier molecular flexibility index (Phi) is 7.51. The van der Waals surface area contributed by atoms with Crippen LogP contribution >= 0.6 is 11.6 Å². The highest BCUT2D eigenvalue weighted by Crippen LogP contribution is 2.19. The fourth-order valence-electron chi connectivity index (χ4n) is 3.35. The van der Waals surface area contributed by atoms with E-state index in [4.69, 9.17) is 11.6 Å². The minimum atomic E-state index is -3.70. The van der Waals surface area contributed by atoms with E-state index >= 15 is 0 Å². The first-order valence-electron chi connectivity index (χ1n) is 10.3. The second-order valence-corrected chi connectivity index (χ2v) is 10.1. The lowest BCUT2D eigenvalue weighted by Crippen LogP contribution is -2.49. The van der Waals surface area contributed by atoms with Crippen molar-refractivity contribution in [3.05, 3.63) is 46.9 Å². The topological polar surface area (TPSA) is 95.5 Å². The van der Waals surface area contributed by atoms with E-state index in [-0.39, 0.29) is 29.7 Å². The van der Waals surface area contributed by atoms with Crippen LogP contribution in [0.2, 0.25) is 5.02 Å². The number of carbonyl (C=O) groups is 1. The number of halogens is 1. The summed E-state index contributed by atoms with van der Waals surface area (Å²) in [5, 5.41) is 0.344. The summed E-state index contributed by atoms with van der Waals surface area (Å²) >= 11 is 5.86. The number of hydrogen-bond acceptors (Lipinski definition) is 6. The number of rotatable bonds is 7. The molecular weight excluding hydrogens is 438 g/mol. The van der Waals surface area contributed by atoms with Crippen LogP contribution in [0.4, 0.5) is 5.82 Å². The number of sulfonamides is 1. The number of hydrogen-bond donors (Lipinski definition) is 1. The van der Waals surface area contributed by atoms with E-state index < -0.39 is 10.0 Å². The molecule has 0 aliphatic carbocycles. The Morgan fingerprint density at radius 2 is 1.87 bits per heavy atom. The highest BCUT2D eigenvalue weighted by Gasteiger charge is 2.23. The van der Waals surface area contributed by atoms with Crippen molar-refractivity contribution in [2.75, 3.05) is 37.6 Å². The molecule has 2 heterocycles. The second-order valence-electron chi connectivity index (χ2n) is 7.85. The van der Waals surface area contributed by atoms with Gasteiger partial charge >= 0.3 is 0 Å². The first-order valence-corrected chi connectivity index (χ1v) is 12.2. The molecule has 1 saturated heterocycles. The van der Waals surface area contributed by atoms with E-state index in [1.807, 2.05) is 13.0 Å². The van der Waals surface area contributed by atoms with Gasteiger partial charge in [0.1, 0.15) is 11.6 Å². The van der Waals surface area contributed by atoms with Crippen molar-refractivity contribution in [3.63, 3.8) is 0 Å². The van der Waals surface area contributed by atoms with E-state index in [9.17, 15) is 13.2 Å². The predicted molar refractivity (Wildman–Crippen MR) is 121 cm³/mol. The van der Waals surface area contributed by atoms with Gasteiger partial charge in [-0.3, -0.25) is 4.79 Å². The summed E-state index contributed by atoms with van der Waals surface area (Å²) in [5.74, 6) is 1.88. The van der Waals surface area contributed by atoms with Crippen LogP contribution in [-0.4, -0.2) is 61.9 Å². The van der Waals surface area contributed by atoms with Crippen LogP contribution in [0.1, 0.15) is 37.7 Å². The fourth-order valence-corrected chi connectivity index (χ4v) is 4.68. The van der Waals surface area contributed by atoms with Crippen molar-refractivity contribution in [2.45, 2.75) is 38.0 Å². The highest BCUT2D eigenvalue weighted by atomic mass is 35.5. The Bertz CT molecular complexity index is 1040. The predicted octanol–water partition coefficient (Wildman–Crippen LogP) is 2.58. The molecule has 0 bridgehead atoms. The summed E-state index contributed by atoms with van der Waals surface area (Å²) in [5.41, 5.74) is 0.930. The van der Waals surface area contributed by atoms with Gasteiger partial charge in [-0.1, -0.05) is 31.5 Å². The summed E-state index contributed by atoms with van der Waals surface area (Å²) < 4.78 is 27.1. The van der Waals surface area contributed by atoms with E-state index in [1.165, 1.54) is 12.1 Å². The molecule has 1 aliphatic heterocycles. The molecule has 0 spiro atoms. The van der Waals surface area contributed by atoms with E-state index in [0.717, 1.165) is 17.3 Å². The molecule has 0 radical (unpaired) electrons. The molecule has 1 N–H and O–H groups in total. The van der Waals surface area contributed by atoms with Crippen molar-refractivity contribution in [1.29, 1.82) is 0 Å². The number of nitrogens with zero attached hydrogens (tertiary/aromatic N) is 4. The first-order chi connectivity index (χ1) is 14.7. The standard InChI is InChI=1S/C21H28ClN5O3S/c1-15(2)21-24-16(3)13-19(25-21)26-9-11-27(12-10-26)20(28)7-8-23-31(29,30)18-6-4-5-17(22)14-18/h4-6,13-15,23H,7-12H2,1-3H3. The molecule has 0 atom stereocenters. The van der Waals surface area contributed by atoms with Crippen molar-refractivity contribution in [3.8, 4) is 0 Å². The van der Waals surface area contributed by atoms with Crippen LogP contribution < -0.4 is 9.62 Å². The van der Waals surface area contributed by atoms with Crippen molar-refractivity contribution in [1.82, 2.24) is 19.6 Å². The van der Waals surface area contributed by atoms with Gasteiger partial charge in [0.15, 0.2) is 0 Å². The number of aryl methyl sites for hydroxylation is 1. The van der Waals surface area contributed by atoms with Gasteiger partial charge in [-0.25, -0.2) is 23.1 Å². The van der Waals surface area contributed by atoms with Gasteiger partial charge < -0.3 is 9.80 Å². The van der Waals surface area contributed by atoms with Crippen LogP contribution in [0.5, 0.6) is 0 Å². The zero-order valence-electron chi connectivity index (χ0n) is 18.0. The zero-order valence-corrected chi connectivity index (χ0v) is 19.6. The second kappa shape index (κ2) is 9.93. The maximum Gasteiger partial charge on any atom is 0.240 e. The third-order valence-corrected chi connectivity index (χ3v) is 6.76. The van der Waals surface area contributed by atoms with Gasteiger partial charge in [0.2, 0.25) is 15.9 Å². The van der Waals surface area contributed by atoms with Gasteiger partial charge in [-0.2, -0.15) is 0 Å². The Balaban J connectivity index is 1.51. The van der Waals surface area contributed by atoms with E-state index in [2.05, 4.69) is 33.4 Å². The minimum absolute atomic E-state index is 0.0384. The molecule has 2 aromatic rings. The molecule has 0 unspecified atom stereocenters. The van der Waals surface area contributed by atoms with Gasteiger partial charge in [0, 0.05) is 61.8 Å². The molecular formula is C21H28ClN5O3S. The average Bonchev–Trinajstić information content (AvgIpc) is 2.73. The van der Waals surface area contributed by atoms with Gasteiger partial charge in [-0.15, -0.1) is 0 Å². The molecule has 1 fully saturated rings. The third-order valence-electron chi connectivity index (χ3n) is 5.07. The number of anilines is 1. The molecule has 3 rings (SSSR count). The van der Waals surface area contributed by atoms with Crippen LogP contribution in [-0.2, 0) is 14.8 Å². The van der Waals surface area contributed by atoms with Crippen molar-refractivity contribution < 1.29 is 13.2 Å². The van der Waals surface area contributed by atoms with E-state index in [1.54, 1.807) is 17.0 Å². The third kappa shape index (κ3) is 6.15. The fraction of sp³-hybridized carbons (Fsp3) is 0.476. The molecule has 1 aliphatic rings. The molecule has 1 aromatic heterocycles. The van der Waals surface area contributed by atoms with Crippen molar-refractivity contribution in [2.24, 2.45) is 0 Å². The normalized spacial score (nSPS) is 14.9. The smallest absolute Gasteiger partial charge is 0.240 e. The molecule has 31 heavy (non-hydrogen) atoms.